The van der Waals surface area contributed by atoms with Crippen molar-refractivity contribution in [2.24, 2.45) is 46.3 Å². The van der Waals surface area contributed by atoms with Gasteiger partial charge in [0.1, 0.15) is 47.1 Å². The summed E-state index contributed by atoms with van der Waals surface area (Å²) in [5.74, 6) is 7.90. The number of rotatable bonds is 18. The molecule has 25 heteroatoms. The van der Waals surface area contributed by atoms with Gasteiger partial charge < -0.3 is 37.0 Å². The van der Waals surface area contributed by atoms with Crippen molar-refractivity contribution in [1.82, 2.24) is 0 Å². The van der Waals surface area contributed by atoms with Gasteiger partial charge in [0, 0.05) is 44.5 Å². The second-order valence-corrected chi connectivity index (χ2v) is 28.3. The largest absolute Gasteiger partial charge is 1.00 e. The van der Waals surface area contributed by atoms with Crippen molar-refractivity contribution in [3.05, 3.63) is 70.8 Å². The molecule has 8 aliphatic carbocycles. The molecule has 0 unspecified atom stereocenters. The molecule has 0 atom stereocenters. The number of aryl methyl sites for hydroxylation is 2. The number of ether oxygens (including phenoxy) is 2. The Hall–Kier alpha value is -0.725. The van der Waals surface area contributed by atoms with Crippen LogP contribution in [0.25, 0.3) is 0 Å². The summed E-state index contributed by atoms with van der Waals surface area (Å²) >= 11 is -1.28. The second kappa shape index (κ2) is 32.9. The smallest absolute Gasteiger partial charge is 1.00 e. The minimum absolute atomic E-state index is 0. The molecule has 0 N–H and O–H groups in total. The first-order valence-corrected chi connectivity index (χ1v) is 30.8. The molecule has 8 bridgehead atoms. The molecule has 0 spiro atoms. The predicted molar refractivity (Wildman–Crippen MR) is 283 cm³/mol. The Balaban J connectivity index is 0.000000218. The number of carbonyl (C=O) groups is 4. The Labute approximate surface area is 501 Å². The van der Waals surface area contributed by atoms with Crippen LogP contribution in [0.1, 0.15) is 135 Å². The van der Waals surface area contributed by atoms with E-state index in [1.807, 2.05) is 62.4 Å². The van der Waals surface area contributed by atoms with E-state index < -0.39 is 46.5 Å². The van der Waals surface area contributed by atoms with Gasteiger partial charge in [0.2, 0.25) is 11.6 Å². The van der Waals surface area contributed by atoms with Crippen molar-refractivity contribution >= 4 is 91.9 Å². The van der Waals surface area contributed by atoms with Crippen LogP contribution in [0.15, 0.2) is 48.5 Å². The summed E-state index contributed by atoms with van der Waals surface area (Å²) in [6.45, 7) is 4.16. The third kappa shape index (κ3) is 21.4. The molecular formula is C52H68B3BrF4NaO12S4. The molecular weight excluding hydrogens is 1160 g/mol. The van der Waals surface area contributed by atoms with Gasteiger partial charge in [-0.3, -0.25) is 19.7 Å². The molecule has 0 aromatic heterocycles. The van der Waals surface area contributed by atoms with E-state index in [2.05, 4.69) is 34.2 Å². The van der Waals surface area contributed by atoms with Crippen LogP contribution in [0, 0.1) is 60.2 Å². The van der Waals surface area contributed by atoms with Gasteiger partial charge in [-0.05, 0) is 174 Å². The van der Waals surface area contributed by atoms with E-state index in [0.29, 0.717) is 68.9 Å². The number of halogens is 5. The normalized spacial score (nSPS) is 27.3. The maximum Gasteiger partial charge on any atom is 1.00 e. The number of carbonyl (C=O) groups excluding carboxylic acids is 4. The zero-order chi connectivity index (χ0) is 54.2. The number of esters is 2. The maximum absolute atomic E-state index is 13.3. The Morgan fingerprint density at radius 2 is 0.831 bits per heavy atom. The number of Topliss-reactive ketones (excluding diaryl/α,β-unsaturated/α-hetero) is 2. The summed E-state index contributed by atoms with van der Waals surface area (Å²) < 4.78 is 70.0. The van der Waals surface area contributed by atoms with Gasteiger partial charge in [-0.2, -0.15) is 26.2 Å². The molecule has 10 aliphatic rings. The standard InChI is InChI=1S/2C13H18F2O5S.2C13H17OS.B3.BrH.Na/c2*14-13(15,21-20-19-17)11(16)18-7-12-4-8-1-9(5-12)3-10(2-8)6-12;2*1-11-4-6-12(7-5-11)13(14)10-15-8-2-3-9-15;1-3-2;;/h2*8-10,17H,1-7H2;2*4-7H,2-3,8-10H2,1H3;;1H;/q;;2*+1;;;+1/p-3. The maximum atomic E-state index is 13.3. The minimum Gasteiger partial charge on any atom is -1.00 e. The minimum atomic E-state index is -3.94. The summed E-state index contributed by atoms with van der Waals surface area (Å²) in [5, 5.41) is 16.9. The van der Waals surface area contributed by atoms with Crippen LogP contribution in [0.3, 0.4) is 0 Å². The van der Waals surface area contributed by atoms with E-state index >= 15 is 0 Å². The van der Waals surface area contributed by atoms with Crippen molar-refractivity contribution in [3.63, 3.8) is 0 Å². The van der Waals surface area contributed by atoms with Crippen molar-refractivity contribution in [1.29, 1.82) is 0 Å². The molecule has 0 amide bonds. The van der Waals surface area contributed by atoms with Gasteiger partial charge in [-0.1, -0.05) is 59.7 Å². The van der Waals surface area contributed by atoms with E-state index in [9.17, 15) is 47.3 Å². The van der Waals surface area contributed by atoms with Crippen molar-refractivity contribution in [3.8, 4) is 0 Å². The number of ketones is 2. The Kier molecular flexibility index (Phi) is 29.4. The third-order valence-electron chi connectivity index (χ3n) is 15.8. The van der Waals surface area contributed by atoms with Crippen molar-refractivity contribution in [2.75, 3.05) is 47.7 Å². The first-order valence-electron chi connectivity index (χ1n) is 25.9. The fourth-order valence-corrected chi connectivity index (χ4v) is 18.4. The molecule has 12 nitrogen and oxygen atoms in total. The van der Waals surface area contributed by atoms with Gasteiger partial charge in [0.25, 0.3) is 0 Å². The third-order valence-corrected chi connectivity index (χ3v) is 21.6. The van der Waals surface area contributed by atoms with Crippen LogP contribution in [0.2, 0.25) is 0 Å². The van der Waals surface area contributed by atoms with Crippen LogP contribution >= 0.6 is 24.1 Å². The topological polar surface area (TPSA) is 170 Å². The van der Waals surface area contributed by atoms with E-state index in [0.717, 1.165) is 68.2 Å². The van der Waals surface area contributed by atoms with Gasteiger partial charge in [-0.15, -0.1) is 0 Å². The Morgan fingerprint density at radius 1 is 0.571 bits per heavy atom. The fraction of sp³-hybridized carbons (Fsp3) is 0.692. The monoisotopic (exact) mass is 1220 g/mol. The molecule has 2 aliphatic heterocycles. The Morgan fingerprint density at radius 3 is 1.08 bits per heavy atom. The molecule has 2 saturated heterocycles. The molecule has 2 heterocycles. The fourth-order valence-electron chi connectivity index (χ4n) is 13.5. The van der Waals surface area contributed by atoms with E-state index in [1.165, 1.54) is 98.3 Å². The molecule has 12 rings (SSSR count). The number of benzene rings is 2. The molecule has 5 radical (unpaired) electrons. The van der Waals surface area contributed by atoms with Gasteiger partial charge in [-0.25, -0.2) is 9.59 Å². The average molecular weight is 1220 g/mol. The zero-order valence-corrected chi connectivity index (χ0v) is 51.1. The van der Waals surface area contributed by atoms with E-state index in [-0.39, 0.29) is 70.6 Å². The van der Waals surface area contributed by atoms with Gasteiger partial charge >= 0.3 is 52.0 Å². The second-order valence-electron chi connectivity index (χ2n) is 22.0. The van der Waals surface area contributed by atoms with Crippen LogP contribution in [0.4, 0.5) is 17.6 Å². The predicted octanol–water partition coefficient (Wildman–Crippen LogP) is 2.47. The van der Waals surface area contributed by atoms with Crippen LogP contribution in [-0.2, 0) is 59.6 Å². The van der Waals surface area contributed by atoms with Crippen LogP contribution in [-0.4, -0.2) is 104 Å². The molecule has 77 heavy (non-hydrogen) atoms. The quantitative estimate of drug-likeness (QED) is 0.0312. The van der Waals surface area contributed by atoms with E-state index in [1.54, 1.807) is 0 Å². The summed E-state index contributed by atoms with van der Waals surface area (Å²) in [5.41, 5.74) is 3.96. The number of hydrogen-bond acceptors (Lipinski definition) is 14. The summed E-state index contributed by atoms with van der Waals surface area (Å²) in [6.07, 6.45) is 18.5. The summed E-state index contributed by atoms with van der Waals surface area (Å²) in [4.78, 5) is 46.7. The molecule has 2 aromatic carbocycles. The number of alkyl halides is 4. The van der Waals surface area contributed by atoms with Gasteiger partial charge in [0.15, 0.2) is 11.5 Å². The van der Waals surface area contributed by atoms with Crippen molar-refractivity contribution in [2.45, 2.75) is 127 Å². The average Bonchev–Trinajstić information content (AvgIpc) is 4.09. The first kappa shape index (κ1) is 68.8. The molecule has 8 saturated carbocycles. The first-order chi connectivity index (χ1) is 35.8. The Bertz CT molecular complexity index is 1940. The summed E-state index contributed by atoms with van der Waals surface area (Å²) in [7, 11) is 10.8. The molecule has 10 fully saturated rings. The van der Waals surface area contributed by atoms with Crippen LogP contribution < -0.4 is 57.1 Å². The number of hydrogen-bond donors (Lipinski definition) is 0. The van der Waals surface area contributed by atoms with Crippen molar-refractivity contribution < 1.29 is 122 Å². The van der Waals surface area contributed by atoms with Gasteiger partial charge in [0.05, 0.1) is 13.2 Å². The van der Waals surface area contributed by atoms with Crippen LogP contribution in [0.5, 0.6) is 0 Å². The molecule has 2 aromatic rings. The zero-order valence-electron chi connectivity index (χ0n) is 44.2. The molecule has 417 valence electrons. The SMILES string of the molecule is Cc1ccc(C(=O)C[S+]2CCCC2)cc1.Cc1ccc(C(=O)C[S+]2CCCC2)cc1.O=C(OCC12CC3CC(CC(C3)C1)C2)C(F)(F)SOO[O-].O=C(OCC12CC3CC(CC(C3)C1)C2)C(F)(F)SOO[O-].[B][B][B].[Br-].[Na+]. The van der Waals surface area contributed by atoms with E-state index in [4.69, 9.17) is 9.47 Å². The summed E-state index contributed by atoms with van der Waals surface area (Å²) in [6, 6.07) is 15.9.